The summed E-state index contributed by atoms with van der Waals surface area (Å²) in [6.45, 7) is 3.97. The van der Waals surface area contributed by atoms with E-state index in [1.807, 2.05) is 6.26 Å². The van der Waals surface area contributed by atoms with Crippen LogP contribution in [-0.4, -0.2) is 29.0 Å². The van der Waals surface area contributed by atoms with Gasteiger partial charge in [-0.05, 0) is 19.1 Å². The van der Waals surface area contributed by atoms with Gasteiger partial charge in [0.1, 0.15) is 11.0 Å². The molecule has 0 aliphatic carbocycles. The van der Waals surface area contributed by atoms with Crippen molar-refractivity contribution >= 4 is 42.0 Å². The van der Waals surface area contributed by atoms with Crippen LogP contribution < -0.4 is 5.32 Å². The van der Waals surface area contributed by atoms with E-state index in [0.29, 0.717) is 16.4 Å². The Morgan fingerprint density at radius 3 is 2.75 bits per heavy atom. The third kappa shape index (κ3) is 3.47. The number of halogens is 1. The molecule has 7 heteroatoms. The van der Waals surface area contributed by atoms with E-state index in [9.17, 15) is 0 Å². The number of nitrogens with one attached hydrogen (secondary N) is 1. The molecule has 1 fully saturated rings. The van der Waals surface area contributed by atoms with Gasteiger partial charge in [-0.25, -0.2) is 15.2 Å². The van der Waals surface area contributed by atoms with E-state index in [1.54, 1.807) is 6.08 Å². The molecule has 0 unspecified atom stereocenters. The maximum absolute atomic E-state index is 8.93. The Bertz CT molecular complexity index is 538. The summed E-state index contributed by atoms with van der Waals surface area (Å²) < 4.78 is 0. The molecule has 20 heavy (non-hydrogen) atoms. The minimum Gasteiger partial charge on any atom is -0.367 e. The lowest BCUT2D eigenvalue weighted by Crippen LogP contribution is -2.29. The van der Waals surface area contributed by atoms with E-state index in [2.05, 4.69) is 27.8 Å². The minimum atomic E-state index is 0.197. The molecular weight excluding hydrogens is 291 g/mol. The van der Waals surface area contributed by atoms with Crippen molar-refractivity contribution in [3.8, 4) is 5.97 Å². The van der Waals surface area contributed by atoms with E-state index < -0.39 is 0 Å². The topological polar surface area (TPSA) is 61.6 Å². The molecule has 0 saturated carbocycles. The summed E-state index contributed by atoms with van der Waals surface area (Å²) in [5.41, 5.74) is 0.742. The summed E-state index contributed by atoms with van der Waals surface area (Å²) >= 11 is 7.62. The number of hydrogen-bond acceptors (Lipinski definition) is 5. The second kappa shape index (κ2) is 7.01. The predicted octanol–water partition coefficient (Wildman–Crippen LogP) is 3.63. The molecular formula is C13H16BClN4S. The highest BCUT2D eigenvalue weighted by Crippen LogP contribution is 2.28. The lowest BCUT2D eigenvalue weighted by molar-refractivity contribution is 0.635. The van der Waals surface area contributed by atoms with Crippen LogP contribution in [0.15, 0.2) is 11.7 Å². The largest absolute Gasteiger partial charge is 0.367 e. The van der Waals surface area contributed by atoms with Crippen molar-refractivity contribution in [1.82, 2.24) is 9.97 Å². The Morgan fingerprint density at radius 2 is 2.20 bits per heavy atom. The molecule has 4 nitrogen and oxygen atoms in total. The molecule has 0 spiro atoms. The fraction of sp³-hybridized carbons (Fsp3) is 0.462. The maximum atomic E-state index is 8.93. The van der Waals surface area contributed by atoms with E-state index >= 15 is 0 Å². The molecule has 0 radical (unpaired) electrons. The highest BCUT2D eigenvalue weighted by Gasteiger charge is 2.25. The first kappa shape index (κ1) is 15.2. The molecule has 2 rings (SSSR count). The first-order chi connectivity index (χ1) is 9.67. The summed E-state index contributed by atoms with van der Waals surface area (Å²) in [5, 5.41) is 13.4. The number of hydrogen-bond donors (Lipinski definition) is 1. The third-order valence-electron chi connectivity index (χ3n) is 3.52. The predicted molar refractivity (Wildman–Crippen MR) is 86.5 cm³/mol. The Labute approximate surface area is 129 Å². The van der Waals surface area contributed by atoms with Gasteiger partial charge >= 0.3 is 0 Å². The molecule has 2 heterocycles. The quantitative estimate of drug-likeness (QED) is 0.398. The molecule has 0 amide bonds. The average Bonchev–Trinajstić information content (AvgIpc) is 2.47. The zero-order valence-corrected chi connectivity index (χ0v) is 13.0. The van der Waals surface area contributed by atoms with Crippen LogP contribution in [0.1, 0.15) is 18.4 Å². The van der Waals surface area contributed by atoms with Crippen LogP contribution in [0.2, 0.25) is 17.8 Å². The summed E-state index contributed by atoms with van der Waals surface area (Å²) in [6.07, 6.45) is 7.42. The number of nitriles is 1. The van der Waals surface area contributed by atoms with Crippen LogP contribution in [-0.2, 0) is 0 Å². The first-order valence-corrected chi connectivity index (χ1v) is 8.18. The van der Waals surface area contributed by atoms with Crippen molar-refractivity contribution in [3.63, 3.8) is 0 Å². The van der Waals surface area contributed by atoms with Crippen molar-refractivity contribution < 1.29 is 0 Å². The van der Waals surface area contributed by atoms with Gasteiger partial charge in [0.2, 0.25) is 0 Å². The van der Waals surface area contributed by atoms with Gasteiger partial charge in [0.25, 0.3) is 6.71 Å². The van der Waals surface area contributed by atoms with Crippen LogP contribution in [0, 0.1) is 11.2 Å². The number of nitrogens with zero attached hydrogens (tertiary/aromatic N) is 3. The van der Waals surface area contributed by atoms with E-state index in [-0.39, 0.29) is 6.71 Å². The van der Waals surface area contributed by atoms with Gasteiger partial charge in [0.05, 0.1) is 5.56 Å². The Kier molecular flexibility index (Phi) is 5.33. The van der Waals surface area contributed by atoms with E-state index in [4.69, 9.17) is 16.9 Å². The van der Waals surface area contributed by atoms with Gasteiger partial charge in [0, 0.05) is 12.0 Å². The summed E-state index contributed by atoms with van der Waals surface area (Å²) in [4.78, 5) is 8.68. The first-order valence-electron chi connectivity index (χ1n) is 6.58. The molecule has 1 N–H and O–H groups in total. The summed E-state index contributed by atoms with van der Waals surface area (Å²) in [7, 11) is 0. The smallest absolute Gasteiger partial charge is 0.268 e. The molecule has 0 bridgehead atoms. The van der Waals surface area contributed by atoms with Crippen molar-refractivity contribution in [3.05, 3.63) is 17.3 Å². The van der Waals surface area contributed by atoms with Gasteiger partial charge in [-0.2, -0.15) is 0 Å². The van der Waals surface area contributed by atoms with Crippen LogP contribution in [0.3, 0.4) is 0 Å². The van der Waals surface area contributed by atoms with Gasteiger partial charge in [-0.1, -0.05) is 48.7 Å². The third-order valence-corrected chi connectivity index (χ3v) is 4.35. The minimum absolute atomic E-state index is 0.197. The van der Waals surface area contributed by atoms with Gasteiger partial charge < -0.3 is 5.32 Å². The second-order valence-electron chi connectivity index (χ2n) is 4.79. The molecule has 0 aromatic carbocycles. The number of rotatable bonds is 4. The van der Waals surface area contributed by atoms with E-state index in [1.165, 1.54) is 11.8 Å². The van der Waals surface area contributed by atoms with Crippen LogP contribution in [0.4, 0.5) is 5.82 Å². The SMILES string of the molecule is C=Cc1c(Cl)nc(SC)nc1NC1CCB(C#N)CC1. The molecule has 1 aliphatic rings. The Hall–Kier alpha value is -1.19. The highest BCUT2D eigenvalue weighted by molar-refractivity contribution is 7.98. The molecule has 1 aromatic heterocycles. The van der Waals surface area contributed by atoms with Crippen molar-refractivity contribution in [2.45, 2.75) is 36.7 Å². The average molecular weight is 307 g/mol. The summed E-state index contributed by atoms with van der Waals surface area (Å²) in [5.74, 6) is 3.08. The zero-order chi connectivity index (χ0) is 14.5. The normalized spacial score (nSPS) is 15.8. The van der Waals surface area contributed by atoms with Crippen LogP contribution >= 0.6 is 23.4 Å². The zero-order valence-electron chi connectivity index (χ0n) is 11.4. The number of thioether (sulfide) groups is 1. The van der Waals surface area contributed by atoms with Gasteiger partial charge in [0.15, 0.2) is 5.16 Å². The summed E-state index contributed by atoms with van der Waals surface area (Å²) in [6, 6.07) is 0.332. The standard InChI is InChI=1S/C13H16BClN4S/c1-3-10-11(15)18-13(20-2)19-12(10)17-9-4-6-14(8-16)7-5-9/h3,9H,1,4-7H2,2H3,(H,17,18,19). The van der Waals surface area contributed by atoms with Crippen LogP contribution in [0.5, 0.6) is 0 Å². The lowest BCUT2D eigenvalue weighted by atomic mass is 9.42. The van der Waals surface area contributed by atoms with Gasteiger partial charge in [-0.15, -0.1) is 0 Å². The Balaban J connectivity index is 2.15. The highest BCUT2D eigenvalue weighted by atomic mass is 35.5. The fourth-order valence-corrected chi connectivity index (χ4v) is 3.03. The maximum Gasteiger partial charge on any atom is 0.268 e. The molecule has 1 aromatic rings. The van der Waals surface area contributed by atoms with Crippen molar-refractivity contribution in [2.24, 2.45) is 0 Å². The van der Waals surface area contributed by atoms with Gasteiger partial charge in [-0.3, -0.25) is 0 Å². The number of anilines is 1. The molecule has 1 saturated heterocycles. The molecule has 1 aliphatic heterocycles. The number of aromatic nitrogens is 2. The molecule has 104 valence electrons. The molecule has 0 atom stereocenters. The van der Waals surface area contributed by atoms with Crippen LogP contribution in [0.25, 0.3) is 6.08 Å². The second-order valence-corrected chi connectivity index (χ2v) is 5.92. The fourth-order valence-electron chi connectivity index (χ4n) is 2.37. The Morgan fingerprint density at radius 1 is 1.50 bits per heavy atom. The van der Waals surface area contributed by atoms with Crippen molar-refractivity contribution in [2.75, 3.05) is 11.6 Å². The van der Waals surface area contributed by atoms with Crippen molar-refractivity contribution in [1.29, 1.82) is 5.26 Å². The lowest BCUT2D eigenvalue weighted by Gasteiger charge is -2.25. The van der Waals surface area contributed by atoms with E-state index in [0.717, 1.165) is 36.9 Å². The monoisotopic (exact) mass is 306 g/mol.